The summed E-state index contributed by atoms with van der Waals surface area (Å²) in [6.45, 7) is -0.217. The highest BCUT2D eigenvalue weighted by atomic mass is 16.7. The third kappa shape index (κ3) is 5.46. The van der Waals surface area contributed by atoms with Gasteiger partial charge in [-0.15, -0.1) is 0 Å². The zero-order chi connectivity index (χ0) is 23.7. The van der Waals surface area contributed by atoms with Crippen LogP contribution in [0.25, 0.3) is 0 Å². The van der Waals surface area contributed by atoms with Crippen LogP contribution >= 0.6 is 0 Å². The Morgan fingerprint density at radius 1 is 0.625 bits per heavy atom. The Hall–Kier alpha value is -2.92. The molecule has 0 radical (unpaired) electrons. The summed E-state index contributed by atoms with van der Waals surface area (Å²) < 4.78 is 42.6. The molecule has 10 nitrogen and oxygen atoms in total. The topological polar surface area (TPSA) is 114 Å². The van der Waals surface area contributed by atoms with E-state index < -0.39 is 12.2 Å². The van der Waals surface area contributed by atoms with Gasteiger partial charge < -0.3 is 48.1 Å². The van der Waals surface area contributed by atoms with E-state index in [2.05, 4.69) is 0 Å². The van der Waals surface area contributed by atoms with E-state index >= 15 is 0 Å². The van der Waals surface area contributed by atoms with Gasteiger partial charge in [-0.2, -0.15) is 0 Å². The summed E-state index contributed by atoms with van der Waals surface area (Å²) in [5.41, 5.74) is 0.579. The lowest BCUT2D eigenvalue weighted by molar-refractivity contribution is 0.00627. The van der Waals surface area contributed by atoms with Crippen LogP contribution in [0.5, 0.6) is 34.5 Å². The van der Waals surface area contributed by atoms with Crippen LogP contribution in [0, 0.1) is 0 Å². The molecule has 0 aliphatic heterocycles. The molecule has 32 heavy (non-hydrogen) atoms. The summed E-state index contributed by atoms with van der Waals surface area (Å²) in [5.74, 6) is 1.73. The predicted molar refractivity (Wildman–Crippen MR) is 114 cm³/mol. The van der Waals surface area contributed by atoms with Crippen LogP contribution in [0.2, 0.25) is 0 Å². The van der Waals surface area contributed by atoms with Crippen LogP contribution in [0.1, 0.15) is 23.3 Å². The van der Waals surface area contributed by atoms with Gasteiger partial charge in [-0.1, -0.05) is 0 Å². The molecule has 10 heteroatoms. The Kier molecular flexibility index (Phi) is 9.66. The average Bonchev–Trinajstić information content (AvgIpc) is 2.83. The van der Waals surface area contributed by atoms with Gasteiger partial charge in [0, 0.05) is 19.8 Å². The van der Waals surface area contributed by atoms with Crippen LogP contribution in [0.3, 0.4) is 0 Å². The van der Waals surface area contributed by atoms with E-state index in [0.717, 1.165) is 0 Å². The van der Waals surface area contributed by atoms with Gasteiger partial charge in [0.25, 0.3) is 0 Å². The van der Waals surface area contributed by atoms with Gasteiger partial charge >= 0.3 is 0 Å². The van der Waals surface area contributed by atoms with Gasteiger partial charge in [0.2, 0.25) is 11.5 Å². The maximum Gasteiger partial charge on any atom is 0.206 e. The van der Waals surface area contributed by atoms with E-state index in [9.17, 15) is 10.2 Å². The average molecular weight is 454 g/mol. The second-order valence-corrected chi connectivity index (χ2v) is 6.47. The van der Waals surface area contributed by atoms with Crippen molar-refractivity contribution in [2.24, 2.45) is 0 Å². The van der Waals surface area contributed by atoms with Crippen molar-refractivity contribution in [1.29, 1.82) is 0 Å². The Bertz CT molecular complexity index is 845. The lowest BCUT2D eigenvalue weighted by atomic mass is 9.96. The molecule has 2 rings (SSSR count). The summed E-state index contributed by atoms with van der Waals surface area (Å²) >= 11 is 0. The maximum atomic E-state index is 11.1. The molecule has 0 saturated carbocycles. The minimum absolute atomic E-state index is 0.0886. The zero-order valence-corrected chi connectivity index (χ0v) is 19.0. The monoisotopic (exact) mass is 454 g/mol. The molecule has 2 aromatic rings. The highest BCUT2D eigenvalue weighted by molar-refractivity contribution is 5.58. The maximum absolute atomic E-state index is 11.1. The van der Waals surface area contributed by atoms with E-state index in [-0.39, 0.29) is 30.6 Å². The molecular weight excluding hydrogens is 424 g/mol. The molecule has 0 bridgehead atoms. The first kappa shape index (κ1) is 25.3. The van der Waals surface area contributed by atoms with Crippen molar-refractivity contribution in [2.45, 2.75) is 12.2 Å². The Morgan fingerprint density at radius 2 is 1.16 bits per heavy atom. The van der Waals surface area contributed by atoms with Crippen molar-refractivity contribution < 1.29 is 48.1 Å². The van der Waals surface area contributed by atoms with Crippen molar-refractivity contribution in [3.8, 4) is 34.5 Å². The number of hydrogen-bond acceptors (Lipinski definition) is 10. The normalized spacial score (nSPS) is 12.6. The van der Waals surface area contributed by atoms with E-state index in [1.165, 1.54) is 42.7 Å². The molecule has 0 amide bonds. The largest absolute Gasteiger partial charge is 0.493 e. The minimum atomic E-state index is -1.42. The standard InChI is InChI=1S/C22H30O10/c1-25-11-31-20-14(7-8-15(27-3)22(20)32-12-26-2)19(24)18(23)13-9-16(28-4)21(30-6)17(10-13)29-5/h7-10,18-19,23-24H,11-12H2,1-6H3/t18-,19-/m0/s1. The predicted octanol–water partition coefficient (Wildman–Crippen LogP) is 2.45. The number of aliphatic hydroxyl groups is 2. The Balaban J connectivity index is 2.54. The number of ether oxygens (including phenoxy) is 8. The third-order valence-corrected chi connectivity index (χ3v) is 4.61. The van der Waals surface area contributed by atoms with Gasteiger partial charge in [-0.05, 0) is 29.8 Å². The van der Waals surface area contributed by atoms with Crippen molar-refractivity contribution in [2.75, 3.05) is 56.2 Å². The zero-order valence-electron chi connectivity index (χ0n) is 19.0. The second kappa shape index (κ2) is 12.2. The van der Waals surface area contributed by atoms with Crippen molar-refractivity contribution in [3.63, 3.8) is 0 Å². The molecule has 2 atom stereocenters. The van der Waals surface area contributed by atoms with Crippen LogP contribution < -0.4 is 28.4 Å². The second-order valence-electron chi connectivity index (χ2n) is 6.47. The first-order chi connectivity index (χ1) is 15.5. The molecule has 0 aliphatic carbocycles. The van der Waals surface area contributed by atoms with Crippen molar-refractivity contribution in [1.82, 2.24) is 0 Å². The molecule has 0 heterocycles. The Labute approximate surface area is 187 Å². The van der Waals surface area contributed by atoms with Crippen LogP contribution in [0.15, 0.2) is 24.3 Å². The van der Waals surface area contributed by atoms with Gasteiger partial charge in [0.1, 0.15) is 12.2 Å². The van der Waals surface area contributed by atoms with Gasteiger partial charge in [0.05, 0.1) is 28.4 Å². The lowest BCUT2D eigenvalue weighted by Crippen LogP contribution is -2.15. The quantitative estimate of drug-likeness (QED) is 0.438. The number of methoxy groups -OCH3 is 6. The summed E-state index contributed by atoms with van der Waals surface area (Å²) in [7, 11) is 8.79. The number of hydrogen-bond donors (Lipinski definition) is 2. The third-order valence-electron chi connectivity index (χ3n) is 4.61. The van der Waals surface area contributed by atoms with Crippen molar-refractivity contribution in [3.05, 3.63) is 35.4 Å². The van der Waals surface area contributed by atoms with Crippen LogP contribution in [-0.4, -0.2) is 66.5 Å². The molecule has 2 N–H and O–H groups in total. The summed E-state index contributed by atoms with van der Waals surface area (Å²) in [6.07, 6.45) is -2.79. The van der Waals surface area contributed by atoms with Gasteiger partial charge in [-0.25, -0.2) is 0 Å². The van der Waals surface area contributed by atoms with E-state index in [4.69, 9.17) is 37.9 Å². The molecule has 0 spiro atoms. The first-order valence-corrected chi connectivity index (χ1v) is 9.57. The highest BCUT2D eigenvalue weighted by Gasteiger charge is 2.29. The minimum Gasteiger partial charge on any atom is -0.493 e. The van der Waals surface area contributed by atoms with Crippen LogP contribution in [0.4, 0.5) is 0 Å². The SMILES string of the molecule is COCOc1c(OC)ccc([C@H](O)[C@@H](O)c2cc(OC)c(OC)c(OC)c2)c1OCOC. The highest BCUT2D eigenvalue weighted by Crippen LogP contribution is 2.47. The summed E-state index contributed by atoms with van der Waals surface area (Å²) in [5, 5.41) is 22.1. The molecule has 0 unspecified atom stereocenters. The summed E-state index contributed by atoms with van der Waals surface area (Å²) in [4.78, 5) is 0. The number of rotatable bonds is 13. The van der Waals surface area contributed by atoms with Gasteiger partial charge in [0.15, 0.2) is 36.6 Å². The fourth-order valence-electron chi connectivity index (χ4n) is 3.10. The molecule has 0 saturated heterocycles. The molecule has 0 aliphatic rings. The number of benzene rings is 2. The molecule has 178 valence electrons. The molecule has 2 aromatic carbocycles. The van der Waals surface area contributed by atoms with Crippen LogP contribution in [-0.2, 0) is 9.47 Å². The van der Waals surface area contributed by atoms with E-state index in [1.807, 2.05) is 0 Å². The molecule has 0 fully saturated rings. The van der Waals surface area contributed by atoms with E-state index in [0.29, 0.717) is 28.6 Å². The molecule has 0 aromatic heterocycles. The Morgan fingerprint density at radius 3 is 1.62 bits per heavy atom. The summed E-state index contributed by atoms with van der Waals surface area (Å²) in [6, 6.07) is 6.26. The van der Waals surface area contributed by atoms with Gasteiger partial charge in [-0.3, -0.25) is 0 Å². The molecular formula is C22H30O10. The fraction of sp³-hybridized carbons (Fsp3) is 0.455. The fourth-order valence-corrected chi connectivity index (χ4v) is 3.10. The first-order valence-electron chi connectivity index (χ1n) is 9.57. The van der Waals surface area contributed by atoms with Crippen molar-refractivity contribution >= 4 is 0 Å². The number of aliphatic hydroxyl groups excluding tert-OH is 2. The van der Waals surface area contributed by atoms with E-state index in [1.54, 1.807) is 24.3 Å². The lowest BCUT2D eigenvalue weighted by Gasteiger charge is -2.24. The smallest absolute Gasteiger partial charge is 0.206 e.